The van der Waals surface area contributed by atoms with E-state index in [-0.39, 0.29) is 11.9 Å². The van der Waals surface area contributed by atoms with E-state index in [1.807, 2.05) is 12.1 Å². The summed E-state index contributed by atoms with van der Waals surface area (Å²) in [5, 5.41) is 3.60. The third-order valence-electron chi connectivity index (χ3n) is 3.47. The Morgan fingerprint density at radius 2 is 2.06 bits per heavy atom. The molecule has 2 nitrogen and oxygen atoms in total. The molecule has 1 aromatic carbocycles. The van der Waals surface area contributed by atoms with Gasteiger partial charge in [-0.1, -0.05) is 19.1 Å². The molecule has 1 saturated heterocycles. The summed E-state index contributed by atoms with van der Waals surface area (Å²) in [6.07, 6.45) is 1.05. The predicted octanol–water partition coefficient (Wildman–Crippen LogP) is 2.90. The Bertz CT molecular complexity index is 352. The molecule has 17 heavy (non-hydrogen) atoms. The van der Waals surface area contributed by atoms with Crippen molar-refractivity contribution in [1.82, 2.24) is 5.32 Å². The van der Waals surface area contributed by atoms with E-state index in [0.717, 1.165) is 25.2 Å². The van der Waals surface area contributed by atoms with Gasteiger partial charge in [0.1, 0.15) is 5.82 Å². The fourth-order valence-electron chi connectivity index (χ4n) is 2.30. The van der Waals surface area contributed by atoms with Gasteiger partial charge in [0.05, 0.1) is 6.61 Å². The average Bonchev–Trinajstić information content (AvgIpc) is 2.33. The maximum Gasteiger partial charge on any atom is 0.123 e. The van der Waals surface area contributed by atoms with Crippen LogP contribution in [0.4, 0.5) is 4.39 Å². The van der Waals surface area contributed by atoms with Crippen LogP contribution in [0, 0.1) is 11.7 Å². The molecule has 1 aliphatic rings. The molecular formula is C14H20FNO. The summed E-state index contributed by atoms with van der Waals surface area (Å²) in [5.41, 5.74) is 1.13. The lowest BCUT2D eigenvalue weighted by Gasteiger charge is -2.32. The lowest BCUT2D eigenvalue weighted by Crippen LogP contribution is -2.42. The molecule has 0 bridgehead atoms. The lowest BCUT2D eigenvalue weighted by atomic mass is 9.96. The zero-order chi connectivity index (χ0) is 12.3. The van der Waals surface area contributed by atoms with Gasteiger partial charge in [-0.15, -0.1) is 0 Å². The molecule has 0 aliphatic carbocycles. The van der Waals surface area contributed by atoms with E-state index in [1.165, 1.54) is 12.1 Å². The van der Waals surface area contributed by atoms with Gasteiger partial charge in [0.25, 0.3) is 0 Å². The number of nitrogens with one attached hydrogen (secondary N) is 1. The Hall–Kier alpha value is -0.930. The van der Waals surface area contributed by atoms with Crippen LogP contribution in [0.15, 0.2) is 24.3 Å². The van der Waals surface area contributed by atoms with Crippen LogP contribution in [-0.2, 0) is 4.74 Å². The number of benzene rings is 1. The van der Waals surface area contributed by atoms with Crippen molar-refractivity contribution in [1.29, 1.82) is 0 Å². The van der Waals surface area contributed by atoms with Gasteiger partial charge in [-0.2, -0.15) is 0 Å². The zero-order valence-electron chi connectivity index (χ0n) is 10.4. The summed E-state index contributed by atoms with van der Waals surface area (Å²) in [6, 6.07) is 7.46. The van der Waals surface area contributed by atoms with Crippen molar-refractivity contribution in [3.63, 3.8) is 0 Å². The van der Waals surface area contributed by atoms with E-state index >= 15 is 0 Å². The third kappa shape index (κ3) is 3.27. The normalized spacial score (nSPS) is 26.8. The number of hydrogen-bond acceptors (Lipinski definition) is 2. The van der Waals surface area contributed by atoms with Crippen molar-refractivity contribution >= 4 is 0 Å². The van der Waals surface area contributed by atoms with Crippen molar-refractivity contribution in [3.8, 4) is 0 Å². The number of rotatable bonds is 3. The third-order valence-corrected chi connectivity index (χ3v) is 3.47. The molecular weight excluding hydrogens is 217 g/mol. The van der Waals surface area contributed by atoms with Gasteiger partial charge in [-0.3, -0.25) is 0 Å². The summed E-state index contributed by atoms with van der Waals surface area (Å²) in [5.74, 6) is 0.354. The van der Waals surface area contributed by atoms with E-state index in [0.29, 0.717) is 12.0 Å². The van der Waals surface area contributed by atoms with Crippen LogP contribution < -0.4 is 5.32 Å². The highest BCUT2D eigenvalue weighted by Gasteiger charge is 2.23. The van der Waals surface area contributed by atoms with Crippen LogP contribution in [0.3, 0.4) is 0 Å². The molecule has 3 heteroatoms. The number of halogens is 1. The topological polar surface area (TPSA) is 21.3 Å². The second-order valence-electron chi connectivity index (χ2n) is 4.89. The summed E-state index contributed by atoms with van der Waals surface area (Å²) in [7, 11) is 0. The quantitative estimate of drug-likeness (QED) is 0.872. The molecule has 1 fully saturated rings. The minimum Gasteiger partial charge on any atom is -0.381 e. The molecule has 1 N–H and O–H groups in total. The van der Waals surface area contributed by atoms with E-state index in [2.05, 4.69) is 19.2 Å². The van der Waals surface area contributed by atoms with Crippen LogP contribution >= 0.6 is 0 Å². The predicted molar refractivity (Wildman–Crippen MR) is 66.3 cm³/mol. The maximum atomic E-state index is 12.8. The highest BCUT2D eigenvalue weighted by molar-refractivity contribution is 5.19. The van der Waals surface area contributed by atoms with Gasteiger partial charge >= 0.3 is 0 Å². The largest absolute Gasteiger partial charge is 0.381 e. The van der Waals surface area contributed by atoms with Crippen LogP contribution in [-0.4, -0.2) is 19.3 Å². The van der Waals surface area contributed by atoms with Gasteiger partial charge in [0, 0.05) is 18.7 Å². The SMILES string of the molecule is CC1COCCC1N[C@@H](C)c1ccc(F)cc1. The molecule has 0 spiro atoms. The van der Waals surface area contributed by atoms with Crippen molar-refractivity contribution in [2.24, 2.45) is 5.92 Å². The van der Waals surface area contributed by atoms with Crippen LogP contribution in [0.2, 0.25) is 0 Å². The van der Waals surface area contributed by atoms with E-state index in [1.54, 1.807) is 0 Å². The smallest absolute Gasteiger partial charge is 0.123 e. The molecule has 1 aromatic rings. The van der Waals surface area contributed by atoms with Crippen LogP contribution in [0.1, 0.15) is 31.9 Å². The van der Waals surface area contributed by atoms with Crippen molar-refractivity contribution in [2.45, 2.75) is 32.4 Å². The molecule has 2 unspecified atom stereocenters. The molecule has 94 valence electrons. The first kappa shape index (κ1) is 12.5. The first-order valence-electron chi connectivity index (χ1n) is 6.26. The number of hydrogen-bond donors (Lipinski definition) is 1. The average molecular weight is 237 g/mol. The van der Waals surface area contributed by atoms with Crippen molar-refractivity contribution in [3.05, 3.63) is 35.6 Å². The molecule has 0 saturated carbocycles. The van der Waals surface area contributed by atoms with Gasteiger partial charge < -0.3 is 10.1 Å². The first-order chi connectivity index (χ1) is 8.16. The summed E-state index contributed by atoms with van der Waals surface area (Å²) >= 11 is 0. The van der Waals surface area contributed by atoms with Crippen LogP contribution in [0.5, 0.6) is 0 Å². The van der Waals surface area contributed by atoms with E-state index < -0.39 is 0 Å². The first-order valence-corrected chi connectivity index (χ1v) is 6.26. The second-order valence-corrected chi connectivity index (χ2v) is 4.89. The minimum atomic E-state index is -0.180. The fourth-order valence-corrected chi connectivity index (χ4v) is 2.30. The molecule has 3 atom stereocenters. The Labute approximate surface area is 102 Å². The van der Waals surface area contributed by atoms with Crippen molar-refractivity contribution < 1.29 is 9.13 Å². The van der Waals surface area contributed by atoms with Crippen molar-refractivity contribution in [2.75, 3.05) is 13.2 Å². The fraction of sp³-hybridized carbons (Fsp3) is 0.571. The summed E-state index contributed by atoms with van der Waals surface area (Å²) < 4.78 is 18.3. The standard InChI is InChI=1S/C14H20FNO/c1-10-9-17-8-7-14(10)16-11(2)12-3-5-13(15)6-4-12/h3-6,10-11,14,16H,7-9H2,1-2H3/t10?,11-,14?/m0/s1. The van der Waals surface area contributed by atoms with E-state index in [9.17, 15) is 4.39 Å². The lowest BCUT2D eigenvalue weighted by molar-refractivity contribution is 0.0363. The Balaban J connectivity index is 1.95. The Morgan fingerprint density at radius 1 is 1.35 bits per heavy atom. The van der Waals surface area contributed by atoms with Gasteiger partial charge in [0.15, 0.2) is 0 Å². The monoisotopic (exact) mass is 237 g/mol. The molecule has 2 rings (SSSR count). The maximum absolute atomic E-state index is 12.8. The summed E-state index contributed by atoms with van der Waals surface area (Å²) in [4.78, 5) is 0. The molecule has 0 radical (unpaired) electrons. The number of ether oxygens (including phenoxy) is 1. The Kier molecular flexibility index (Phi) is 4.13. The van der Waals surface area contributed by atoms with Gasteiger partial charge in [0.2, 0.25) is 0 Å². The highest BCUT2D eigenvalue weighted by atomic mass is 19.1. The van der Waals surface area contributed by atoms with Crippen LogP contribution in [0.25, 0.3) is 0 Å². The van der Waals surface area contributed by atoms with E-state index in [4.69, 9.17) is 4.74 Å². The van der Waals surface area contributed by atoms with Gasteiger partial charge in [-0.05, 0) is 37.0 Å². The highest BCUT2D eigenvalue weighted by Crippen LogP contribution is 2.19. The molecule has 0 amide bonds. The molecule has 0 aromatic heterocycles. The Morgan fingerprint density at radius 3 is 2.71 bits per heavy atom. The van der Waals surface area contributed by atoms with Gasteiger partial charge in [-0.25, -0.2) is 4.39 Å². The molecule has 1 aliphatic heterocycles. The zero-order valence-corrected chi connectivity index (χ0v) is 10.4. The minimum absolute atomic E-state index is 0.180. The molecule has 1 heterocycles. The second kappa shape index (κ2) is 5.61. The summed E-state index contributed by atoms with van der Waals surface area (Å²) in [6.45, 7) is 5.98.